The fourth-order valence-electron chi connectivity index (χ4n) is 4.57. The molecule has 1 aliphatic rings. The Balaban J connectivity index is 2.13. The van der Waals surface area contributed by atoms with Crippen molar-refractivity contribution < 1.29 is 19.4 Å². The lowest BCUT2D eigenvalue weighted by atomic mass is 9.83. The summed E-state index contributed by atoms with van der Waals surface area (Å²) in [5.41, 5.74) is 0. The van der Waals surface area contributed by atoms with Crippen molar-refractivity contribution in [1.82, 2.24) is 0 Å². The molecule has 180 valence electrons. The summed E-state index contributed by atoms with van der Waals surface area (Å²) in [6.45, 7) is 4.37. The quantitative estimate of drug-likeness (QED) is 0.127. The zero-order chi connectivity index (χ0) is 22.7. The topological polar surface area (TPSA) is 63.6 Å². The van der Waals surface area contributed by atoms with Gasteiger partial charge in [-0.25, -0.2) is 0 Å². The number of esters is 1. The highest BCUT2D eigenvalue weighted by molar-refractivity contribution is 5.81. The van der Waals surface area contributed by atoms with Crippen LogP contribution in [0.5, 0.6) is 0 Å². The maximum Gasteiger partial charge on any atom is 0.310 e. The summed E-state index contributed by atoms with van der Waals surface area (Å²) in [6.07, 6.45) is 24.6. The third-order valence-electron chi connectivity index (χ3n) is 6.58. The van der Waals surface area contributed by atoms with Crippen molar-refractivity contribution in [1.29, 1.82) is 0 Å². The standard InChI is InChI=1S/C27H48O4/c1-3-5-6-7-8-9-10-11-12-13-14-15-16-20-23(19-4-2)31-27(30)25-22-18-17-21-24(25)26(28)29/h17-18,23-25H,3-16,19-22H2,1-2H3,(H,28,29). The van der Waals surface area contributed by atoms with Crippen LogP contribution in [0.3, 0.4) is 0 Å². The molecule has 0 radical (unpaired) electrons. The van der Waals surface area contributed by atoms with E-state index in [1.807, 2.05) is 12.2 Å². The van der Waals surface area contributed by atoms with E-state index < -0.39 is 17.8 Å². The van der Waals surface area contributed by atoms with E-state index in [-0.39, 0.29) is 12.1 Å². The second kappa shape index (κ2) is 18.3. The van der Waals surface area contributed by atoms with Crippen molar-refractivity contribution in [3.63, 3.8) is 0 Å². The Labute approximate surface area is 191 Å². The van der Waals surface area contributed by atoms with Gasteiger partial charge in [-0.05, 0) is 32.1 Å². The van der Waals surface area contributed by atoms with Crippen LogP contribution in [0.2, 0.25) is 0 Å². The average molecular weight is 437 g/mol. The molecule has 4 heteroatoms. The van der Waals surface area contributed by atoms with Gasteiger partial charge in [0.1, 0.15) is 6.10 Å². The van der Waals surface area contributed by atoms with E-state index in [1.54, 1.807) is 0 Å². The SMILES string of the molecule is CCCCCCCCCCCCCCCC(CCC)OC(=O)C1CC=CCC1C(=O)O. The van der Waals surface area contributed by atoms with E-state index in [1.165, 1.54) is 77.0 Å². The van der Waals surface area contributed by atoms with E-state index in [0.29, 0.717) is 12.8 Å². The Bertz CT molecular complexity index is 499. The van der Waals surface area contributed by atoms with Gasteiger partial charge in [0.2, 0.25) is 0 Å². The van der Waals surface area contributed by atoms with Crippen molar-refractivity contribution >= 4 is 11.9 Å². The number of allylic oxidation sites excluding steroid dienone is 2. The zero-order valence-corrected chi connectivity index (χ0v) is 20.3. The van der Waals surface area contributed by atoms with Gasteiger partial charge in [-0.2, -0.15) is 0 Å². The maximum atomic E-state index is 12.6. The van der Waals surface area contributed by atoms with Gasteiger partial charge < -0.3 is 9.84 Å². The van der Waals surface area contributed by atoms with Crippen LogP contribution in [-0.4, -0.2) is 23.1 Å². The first-order valence-corrected chi connectivity index (χ1v) is 13.2. The van der Waals surface area contributed by atoms with Gasteiger partial charge in [-0.1, -0.05) is 109 Å². The number of hydrogen-bond donors (Lipinski definition) is 1. The molecule has 0 heterocycles. The molecule has 0 saturated carbocycles. The second-order valence-corrected chi connectivity index (χ2v) is 9.37. The highest BCUT2D eigenvalue weighted by Gasteiger charge is 2.35. The lowest BCUT2D eigenvalue weighted by Crippen LogP contribution is -2.34. The molecule has 0 amide bonds. The van der Waals surface area contributed by atoms with Gasteiger partial charge in [-0.3, -0.25) is 9.59 Å². The average Bonchev–Trinajstić information content (AvgIpc) is 2.76. The van der Waals surface area contributed by atoms with Gasteiger partial charge >= 0.3 is 11.9 Å². The minimum atomic E-state index is -0.894. The Morgan fingerprint density at radius 3 is 1.71 bits per heavy atom. The van der Waals surface area contributed by atoms with Crippen LogP contribution in [0.15, 0.2) is 12.2 Å². The molecule has 4 nitrogen and oxygen atoms in total. The summed E-state index contributed by atoms with van der Waals surface area (Å²) in [6, 6.07) is 0. The first-order chi connectivity index (χ1) is 15.1. The van der Waals surface area contributed by atoms with Crippen LogP contribution in [0.25, 0.3) is 0 Å². The molecule has 1 rings (SSSR count). The number of carboxylic acids is 1. The molecule has 0 fully saturated rings. The molecule has 0 aromatic rings. The molecule has 0 aliphatic heterocycles. The Kier molecular flexibility index (Phi) is 16.3. The highest BCUT2D eigenvalue weighted by atomic mass is 16.5. The van der Waals surface area contributed by atoms with E-state index >= 15 is 0 Å². The van der Waals surface area contributed by atoms with Gasteiger partial charge in [0.05, 0.1) is 11.8 Å². The zero-order valence-electron chi connectivity index (χ0n) is 20.3. The number of ether oxygens (including phenoxy) is 1. The first kappa shape index (κ1) is 27.7. The summed E-state index contributed by atoms with van der Waals surface area (Å²) in [7, 11) is 0. The minimum Gasteiger partial charge on any atom is -0.481 e. The third kappa shape index (κ3) is 13.0. The number of carbonyl (C=O) groups excluding carboxylic acids is 1. The molecule has 3 unspecified atom stereocenters. The van der Waals surface area contributed by atoms with Crippen molar-refractivity contribution in [2.75, 3.05) is 0 Å². The number of aliphatic carboxylic acids is 1. The van der Waals surface area contributed by atoms with Crippen molar-refractivity contribution in [3.8, 4) is 0 Å². The molecular weight excluding hydrogens is 388 g/mol. The van der Waals surface area contributed by atoms with Gasteiger partial charge in [0.25, 0.3) is 0 Å². The predicted octanol–water partition coefficient (Wildman–Crippen LogP) is 7.85. The highest BCUT2D eigenvalue weighted by Crippen LogP contribution is 2.28. The molecule has 1 aliphatic carbocycles. The van der Waals surface area contributed by atoms with Crippen LogP contribution in [0.4, 0.5) is 0 Å². The fourth-order valence-corrected chi connectivity index (χ4v) is 4.57. The molecule has 0 aromatic carbocycles. The molecule has 0 bridgehead atoms. The van der Waals surface area contributed by atoms with E-state index in [0.717, 1.165) is 25.7 Å². The molecular formula is C27H48O4. The minimum absolute atomic E-state index is 0.0643. The van der Waals surface area contributed by atoms with Crippen molar-refractivity contribution in [2.24, 2.45) is 11.8 Å². The summed E-state index contributed by atoms with van der Waals surface area (Å²) < 4.78 is 5.78. The predicted molar refractivity (Wildman–Crippen MR) is 128 cm³/mol. The first-order valence-electron chi connectivity index (χ1n) is 13.2. The van der Waals surface area contributed by atoms with Gasteiger partial charge in [0, 0.05) is 0 Å². The van der Waals surface area contributed by atoms with Crippen LogP contribution in [-0.2, 0) is 14.3 Å². The molecule has 0 spiro atoms. The lowest BCUT2D eigenvalue weighted by molar-refractivity contribution is -0.162. The Morgan fingerprint density at radius 1 is 0.742 bits per heavy atom. The summed E-state index contributed by atoms with van der Waals surface area (Å²) in [5, 5.41) is 9.39. The molecule has 0 aromatic heterocycles. The maximum absolute atomic E-state index is 12.6. The monoisotopic (exact) mass is 436 g/mol. The van der Waals surface area contributed by atoms with Crippen LogP contribution in [0, 0.1) is 11.8 Å². The number of rotatable bonds is 19. The van der Waals surface area contributed by atoms with Crippen molar-refractivity contribution in [3.05, 3.63) is 12.2 Å². The normalized spacial score (nSPS) is 19.3. The second-order valence-electron chi connectivity index (χ2n) is 9.37. The molecule has 3 atom stereocenters. The van der Waals surface area contributed by atoms with E-state index in [4.69, 9.17) is 4.74 Å². The number of hydrogen-bond acceptors (Lipinski definition) is 3. The van der Waals surface area contributed by atoms with E-state index in [9.17, 15) is 14.7 Å². The summed E-state index contributed by atoms with van der Waals surface area (Å²) >= 11 is 0. The molecule has 31 heavy (non-hydrogen) atoms. The van der Waals surface area contributed by atoms with Crippen molar-refractivity contribution in [2.45, 2.75) is 136 Å². The summed E-state index contributed by atoms with van der Waals surface area (Å²) in [5.74, 6) is -2.38. The van der Waals surface area contributed by atoms with Gasteiger partial charge in [0.15, 0.2) is 0 Å². The number of carboxylic acid groups (broad SMARTS) is 1. The lowest BCUT2D eigenvalue weighted by Gasteiger charge is -2.26. The number of carbonyl (C=O) groups is 2. The Morgan fingerprint density at radius 2 is 1.23 bits per heavy atom. The summed E-state index contributed by atoms with van der Waals surface area (Å²) in [4.78, 5) is 24.1. The molecule has 1 N–H and O–H groups in total. The fraction of sp³-hybridized carbons (Fsp3) is 0.852. The number of unbranched alkanes of at least 4 members (excludes halogenated alkanes) is 12. The van der Waals surface area contributed by atoms with Gasteiger partial charge in [-0.15, -0.1) is 0 Å². The largest absolute Gasteiger partial charge is 0.481 e. The smallest absolute Gasteiger partial charge is 0.310 e. The van der Waals surface area contributed by atoms with Crippen LogP contribution in [0.1, 0.15) is 129 Å². The molecule has 0 saturated heterocycles. The Hall–Kier alpha value is -1.32. The van der Waals surface area contributed by atoms with E-state index in [2.05, 4.69) is 13.8 Å². The van der Waals surface area contributed by atoms with Crippen LogP contribution >= 0.6 is 0 Å². The third-order valence-corrected chi connectivity index (χ3v) is 6.58. The van der Waals surface area contributed by atoms with Crippen LogP contribution < -0.4 is 0 Å².